The number of carbonyl (C=O) groups is 1. The molecule has 132 valence electrons. The highest BCUT2D eigenvalue weighted by molar-refractivity contribution is 5.76. The van der Waals surface area contributed by atoms with Crippen LogP contribution in [-0.4, -0.2) is 34.1 Å². The lowest BCUT2D eigenvalue weighted by Crippen LogP contribution is -2.49. The van der Waals surface area contributed by atoms with Crippen LogP contribution in [0.2, 0.25) is 0 Å². The van der Waals surface area contributed by atoms with Gasteiger partial charge in [0, 0.05) is 24.3 Å². The number of aryl methyl sites for hydroxylation is 1. The minimum Gasteiger partial charge on any atom is -0.481 e. The molecule has 1 atom stereocenters. The standard InChI is InChI=1S/C19H22FN3O2/c1-13-14(2)21-12-22-17(13)23-9-5-8-19(11-23,18(24)25)10-15-6-3-4-7-16(15)20/h3-4,6-7,12H,5,8-11H2,1-2H3,(H,24,25)/t19-/m0/s1. The largest absolute Gasteiger partial charge is 0.481 e. The molecule has 1 aliphatic rings. The van der Waals surface area contributed by atoms with E-state index in [-0.39, 0.29) is 12.2 Å². The molecule has 1 fully saturated rings. The molecular weight excluding hydrogens is 321 g/mol. The lowest BCUT2D eigenvalue weighted by atomic mass is 9.75. The first-order valence-corrected chi connectivity index (χ1v) is 8.43. The molecule has 0 amide bonds. The van der Waals surface area contributed by atoms with Gasteiger partial charge in [-0.15, -0.1) is 0 Å². The number of hydrogen-bond donors (Lipinski definition) is 1. The minimum absolute atomic E-state index is 0.175. The number of piperidine rings is 1. The van der Waals surface area contributed by atoms with E-state index in [9.17, 15) is 14.3 Å². The van der Waals surface area contributed by atoms with Crippen LogP contribution in [0.5, 0.6) is 0 Å². The Morgan fingerprint density at radius 2 is 2.08 bits per heavy atom. The van der Waals surface area contributed by atoms with Crippen LogP contribution in [0.3, 0.4) is 0 Å². The van der Waals surface area contributed by atoms with Crippen molar-refractivity contribution in [3.63, 3.8) is 0 Å². The number of benzene rings is 1. The van der Waals surface area contributed by atoms with Gasteiger partial charge in [0.1, 0.15) is 18.0 Å². The van der Waals surface area contributed by atoms with Crippen molar-refractivity contribution >= 4 is 11.8 Å². The third-order valence-corrected chi connectivity index (χ3v) is 5.13. The second-order valence-electron chi connectivity index (χ2n) is 6.79. The molecule has 0 unspecified atom stereocenters. The molecular formula is C19H22FN3O2. The van der Waals surface area contributed by atoms with E-state index in [4.69, 9.17) is 0 Å². The summed E-state index contributed by atoms with van der Waals surface area (Å²) in [4.78, 5) is 22.7. The van der Waals surface area contributed by atoms with E-state index in [1.165, 1.54) is 12.4 Å². The minimum atomic E-state index is -1.02. The van der Waals surface area contributed by atoms with Crippen molar-refractivity contribution < 1.29 is 14.3 Å². The van der Waals surface area contributed by atoms with Gasteiger partial charge in [-0.25, -0.2) is 14.4 Å². The third-order valence-electron chi connectivity index (χ3n) is 5.13. The second-order valence-corrected chi connectivity index (χ2v) is 6.79. The summed E-state index contributed by atoms with van der Waals surface area (Å²) >= 11 is 0. The van der Waals surface area contributed by atoms with Gasteiger partial charge in [-0.2, -0.15) is 0 Å². The number of aromatic nitrogens is 2. The number of aliphatic carboxylic acids is 1. The summed E-state index contributed by atoms with van der Waals surface area (Å²) in [7, 11) is 0. The summed E-state index contributed by atoms with van der Waals surface area (Å²) in [5.74, 6) is -0.468. The highest BCUT2D eigenvalue weighted by atomic mass is 19.1. The van der Waals surface area contributed by atoms with Gasteiger partial charge in [0.05, 0.1) is 5.41 Å². The van der Waals surface area contributed by atoms with Gasteiger partial charge in [0.2, 0.25) is 0 Å². The maximum Gasteiger partial charge on any atom is 0.311 e. The summed E-state index contributed by atoms with van der Waals surface area (Å²) in [6, 6.07) is 6.40. The van der Waals surface area contributed by atoms with Crippen molar-refractivity contribution in [3.05, 3.63) is 53.2 Å². The summed E-state index contributed by atoms with van der Waals surface area (Å²) in [6.45, 7) is 4.91. The first-order chi connectivity index (χ1) is 11.9. The fraction of sp³-hybridized carbons (Fsp3) is 0.421. The van der Waals surface area contributed by atoms with Crippen LogP contribution in [0.15, 0.2) is 30.6 Å². The van der Waals surface area contributed by atoms with Crippen LogP contribution in [0, 0.1) is 25.1 Å². The van der Waals surface area contributed by atoms with E-state index in [0.29, 0.717) is 18.5 Å². The molecule has 1 saturated heterocycles. The Balaban J connectivity index is 1.93. The monoisotopic (exact) mass is 343 g/mol. The number of carboxylic acids is 1. The van der Waals surface area contributed by atoms with Crippen molar-refractivity contribution in [2.24, 2.45) is 5.41 Å². The fourth-order valence-electron chi connectivity index (χ4n) is 3.56. The predicted molar refractivity (Wildman–Crippen MR) is 93.1 cm³/mol. The van der Waals surface area contributed by atoms with Gasteiger partial charge in [-0.3, -0.25) is 4.79 Å². The summed E-state index contributed by atoms with van der Waals surface area (Å²) in [6.07, 6.45) is 2.93. The number of nitrogens with zero attached hydrogens (tertiary/aromatic N) is 3. The first-order valence-electron chi connectivity index (χ1n) is 8.43. The van der Waals surface area contributed by atoms with E-state index in [0.717, 1.165) is 30.0 Å². The smallest absolute Gasteiger partial charge is 0.311 e. The van der Waals surface area contributed by atoms with E-state index < -0.39 is 11.4 Å². The Bertz CT molecular complexity index is 796. The number of rotatable bonds is 4. The molecule has 5 nitrogen and oxygen atoms in total. The molecule has 3 rings (SSSR count). The molecule has 1 aliphatic heterocycles. The molecule has 0 saturated carbocycles. The third kappa shape index (κ3) is 3.34. The predicted octanol–water partition coefficient (Wildman–Crippen LogP) is 3.15. The van der Waals surface area contributed by atoms with Gasteiger partial charge in [0.25, 0.3) is 0 Å². The van der Waals surface area contributed by atoms with Crippen molar-refractivity contribution in [1.82, 2.24) is 9.97 Å². The number of anilines is 1. The number of carboxylic acid groups (broad SMARTS) is 1. The first kappa shape index (κ1) is 17.3. The zero-order valence-electron chi connectivity index (χ0n) is 14.5. The van der Waals surface area contributed by atoms with Crippen LogP contribution in [0.25, 0.3) is 0 Å². The molecule has 0 bridgehead atoms. The molecule has 1 aromatic heterocycles. The topological polar surface area (TPSA) is 66.3 Å². The maximum atomic E-state index is 14.1. The van der Waals surface area contributed by atoms with Crippen LogP contribution in [-0.2, 0) is 11.2 Å². The van der Waals surface area contributed by atoms with E-state index in [1.54, 1.807) is 18.2 Å². The quantitative estimate of drug-likeness (QED) is 0.924. The van der Waals surface area contributed by atoms with Gasteiger partial charge >= 0.3 is 5.97 Å². The zero-order chi connectivity index (χ0) is 18.0. The average molecular weight is 343 g/mol. The number of hydrogen-bond acceptors (Lipinski definition) is 4. The molecule has 6 heteroatoms. The average Bonchev–Trinajstić information content (AvgIpc) is 2.59. The van der Waals surface area contributed by atoms with Crippen LogP contribution < -0.4 is 4.90 Å². The van der Waals surface area contributed by atoms with Crippen molar-refractivity contribution in [1.29, 1.82) is 0 Å². The summed E-state index contributed by atoms with van der Waals surface area (Å²) in [5.41, 5.74) is 1.26. The normalized spacial score (nSPS) is 20.5. The highest BCUT2D eigenvalue weighted by Crippen LogP contribution is 2.37. The van der Waals surface area contributed by atoms with E-state index in [2.05, 4.69) is 9.97 Å². The van der Waals surface area contributed by atoms with Crippen molar-refractivity contribution in [2.75, 3.05) is 18.0 Å². The summed E-state index contributed by atoms with van der Waals surface area (Å²) < 4.78 is 14.1. The molecule has 25 heavy (non-hydrogen) atoms. The van der Waals surface area contributed by atoms with Gasteiger partial charge < -0.3 is 10.0 Å². The maximum absolute atomic E-state index is 14.1. The SMILES string of the molecule is Cc1ncnc(N2CCC[C@@](Cc3ccccc3F)(C(=O)O)C2)c1C. The zero-order valence-corrected chi connectivity index (χ0v) is 14.5. The van der Waals surface area contributed by atoms with Crippen molar-refractivity contribution in [2.45, 2.75) is 33.1 Å². The Kier molecular flexibility index (Phi) is 4.70. The Morgan fingerprint density at radius 1 is 1.32 bits per heavy atom. The highest BCUT2D eigenvalue weighted by Gasteiger charge is 2.43. The van der Waals surface area contributed by atoms with Gasteiger partial charge in [-0.1, -0.05) is 18.2 Å². The Morgan fingerprint density at radius 3 is 2.80 bits per heavy atom. The molecule has 0 spiro atoms. The summed E-state index contributed by atoms with van der Waals surface area (Å²) in [5, 5.41) is 9.95. The van der Waals surface area contributed by atoms with Crippen LogP contribution in [0.1, 0.15) is 29.7 Å². The fourth-order valence-corrected chi connectivity index (χ4v) is 3.56. The molecule has 2 aromatic rings. The van der Waals surface area contributed by atoms with E-state index >= 15 is 0 Å². The molecule has 2 heterocycles. The lowest BCUT2D eigenvalue weighted by molar-refractivity contribution is -0.149. The van der Waals surface area contributed by atoms with E-state index in [1.807, 2.05) is 18.7 Å². The molecule has 0 aliphatic carbocycles. The molecule has 0 radical (unpaired) electrons. The van der Waals surface area contributed by atoms with Crippen LogP contribution in [0.4, 0.5) is 10.2 Å². The molecule has 1 aromatic carbocycles. The number of halogens is 1. The Labute approximate surface area is 146 Å². The van der Waals surface area contributed by atoms with Gasteiger partial charge in [0.15, 0.2) is 0 Å². The second kappa shape index (κ2) is 6.78. The molecule has 1 N–H and O–H groups in total. The van der Waals surface area contributed by atoms with Gasteiger partial charge in [-0.05, 0) is 44.7 Å². The Hall–Kier alpha value is -2.50. The van der Waals surface area contributed by atoms with Crippen molar-refractivity contribution in [3.8, 4) is 0 Å². The van der Waals surface area contributed by atoms with Crippen LogP contribution >= 0.6 is 0 Å². The lowest BCUT2D eigenvalue weighted by Gasteiger charge is -2.41.